The maximum Gasteiger partial charge on any atom is 0.254 e. The second-order valence-electron chi connectivity index (χ2n) is 7.81. The summed E-state index contributed by atoms with van der Waals surface area (Å²) in [5.74, 6) is -0.132. The fourth-order valence-corrected chi connectivity index (χ4v) is 3.39. The van der Waals surface area contributed by atoms with E-state index in [4.69, 9.17) is 0 Å². The highest BCUT2D eigenvalue weighted by Gasteiger charge is 2.22. The Hall–Kier alpha value is -3.14. The first-order valence-corrected chi connectivity index (χ1v) is 9.88. The largest absolute Gasteiger partial charge is 0.338 e. The molecule has 1 amide bonds. The van der Waals surface area contributed by atoms with E-state index in [1.54, 1.807) is 24.2 Å². The highest BCUT2D eigenvalue weighted by Crippen LogP contribution is 2.17. The molecule has 29 heavy (non-hydrogen) atoms. The molecule has 150 valence electrons. The number of hydrogen-bond donors (Lipinski definition) is 0. The lowest BCUT2D eigenvalue weighted by Crippen LogP contribution is -2.40. The van der Waals surface area contributed by atoms with Crippen LogP contribution in [0.25, 0.3) is 0 Å². The molecule has 0 radical (unpaired) electrons. The van der Waals surface area contributed by atoms with Crippen LogP contribution in [0, 0.1) is 13.8 Å². The molecular weight excluding hydrogens is 360 g/mol. The van der Waals surface area contributed by atoms with Gasteiger partial charge in [-0.3, -0.25) is 9.59 Å². The lowest BCUT2D eigenvalue weighted by Gasteiger charge is -2.29. The van der Waals surface area contributed by atoms with Crippen molar-refractivity contribution in [1.29, 1.82) is 0 Å². The van der Waals surface area contributed by atoms with Crippen LogP contribution in [-0.2, 0) is 19.9 Å². The number of carbonyl (C=O) groups excluding carboxylic acids is 1. The first-order valence-electron chi connectivity index (χ1n) is 9.88. The third-order valence-electron chi connectivity index (χ3n) is 5.40. The number of pyridine rings is 1. The van der Waals surface area contributed by atoms with Gasteiger partial charge in [-0.25, -0.2) is 0 Å². The molecule has 0 aliphatic heterocycles. The van der Waals surface area contributed by atoms with Crippen LogP contribution in [-0.4, -0.2) is 28.5 Å². The molecule has 0 unspecified atom stereocenters. The summed E-state index contributed by atoms with van der Waals surface area (Å²) < 4.78 is 1.47. The summed E-state index contributed by atoms with van der Waals surface area (Å²) in [6.45, 7) is 4.14. The number of aromatic nitrogens is 1. The second-order valence-corrected chi connectivity index (χ2v) is 7.81. The minimum atomic E-state index is -0.183. The van der Waals surface area contributed by atoms with Gasteiger partial charge in [-0.2, -0.15) is 0 Å². The van der Waals surface area contributed by atoms with E-state index in [2.05, 4.69) is 62.4 Å². The fraction of sp³-hybridized carbons (Fsp3) is 0.280. The van der Waals surface area contributed by atoms with Crippen LogP contribution in [0.15, 0.2) is 71.7 Å². The molecule has 2 aromatic carbocycles. The van der Waals surface area contributed by atoms with E-state index in [1.165, 1.54) is 32.9 Å². The van der Waals surface area contributed by atoms with Gasteiger partial charge in [0.05, 0.1) is 0 Å². The first-order chi connectivity index (χ1) is 13.8. The Kier molecular flexibility index (Phi) is 6.32. The minimum Gasteiger partial charge on any atom is -0.338 e. The molecule has 0 spiro atoms. The van der Waals surface area contributed by atoms with E-state index in [0.717, 1.165) is 12.8 Å². The zero-order valence-electron chi connectivity index (χ0n) is 17.6. The molecule has 4 nitrogen and oxygen atoms in total. The van der Waals surface area contributed by atoms with Gasteiger partial charge in [0.15, 0.2) is 0 Å². The lowest BCUT2D eigenvalue weighted by molar-refractivity contribution is 0.0730. The van der Waals surface area contributed by atoms with Crippen molar-refractivity contribution in [1.82, 2.24) is 9.47 Å². The van der Waals surface area contributed by atoms with Crippen LogP contribution >= 0.6 is 0 Å². The Bertz CT molecular complexity index is 986. The van der Waals surface area contributed by atoms with Crippen LogP contribution in [0.4, 0.5) is 0 Å². The number of rotatable bonds is 6. The molecular formula is C25H28N2O2. The first kappa shape index (κ1) is 20.6. The number of benzene rings is 2. The minimum absolute atomic E-state index is 0.0167. The summed E-state index contributed by atoms with van der Waals surface area (Å²) in [5.41, 5.74) is 5.06. The highest BCUT2D eigenvalue weighted by atomic mass is 16.2. The third kappa shape index (κ3) is 5.23. The molecule has 4 heteroatoms. The Morgan fingerprint density at radius 1 is 0.897 bits per heavy atom. The van der Waals surface area contributed by atoms with Gasteiger partial charge in [-0.1, -0.05) is 59.7 Å². The molecule has 0 aliphatic carbocycles. The van der Waals surface area contributed by atoms with Crippen molar-refractivity contribution >= 4 is 5.91 Å². The number of aryl methyl sites for hydroxylation is 3. The predicted molar refractivity (Wildman–Crippen MR) is 117 cm³/mol. The Morgan fingerprint density at radius 3 is 1.83 bits per heavy atom. The van der Waals surface area contributed by atoms with Crippen LogP contribution in [0.2, 0.25) is 0 Å². The van der Waals surface area contributed by atoms with Gasteiger partial charge in [0.2, 0.25) is 0 Å². The number of likely N-dealkylation sites (N-methyl/N-ethyl adjacent to an activating group) is 1. The summed E-state index contributed by atoms with van der Waals surface area (Å²) in [5, 5.41) is 0. The smallest absolute Gasteiger partial charge is 0.254 e. The maximum absolute atomic E-state index is 13.1. The molecule has 3 aromatic rings. The van der Waals surface area contributed by atoms with Crippen molar-refractivity contribution in [2.45, 2.75) is 32.7 Å². The van der Waals surface area contributed by atoms with Crippen molar-refractivity contribution in [3.05, 3.63) is 105 Å². The fourth-order valence-electron chi connectivity index (χ4n) is 3.39. The summed E-state index contributed by atoms with van der Waals surface area (Å²) in [6.07, 6.45) is 3.14. The highest BCUT2D eigenvalue weighted by molar-refractivity contribution is 5.94. The molecule has 1 aromatic heterocycles. The van der Waals surface area contributed by atoms with E-state index >= 15 is 0 Å². The molecule has 3 rings (SSSR count). The summed E-state index contributed by atoms with van der Waals surface area (Å²) in [4.78, 5) is 26.9. The Balaban J connectivity index is 1.88. The number of hydrogen-bond acceptors (Lipinski definition) is 2. The summed E-state index contributed by atoms with van der Waals surface area (Å²) in [7, 11) is 3.50. The van der Waals surface area contributed by atoms with E-state index in [0.29, 0.717) is 5.56 Å². The maximum atomic E-state index is 13.1. The second kappa shape index (κ2) is 8.91. The van der Waals surface area contributed by atoms with Gasteiger partial charge in [0.25, 0.3) is 11.5 Å². The van der Waals surface area contributed by atoms with E-state index in [-0.39, 0.29) is 17.5 Å². The van der Waals surface area contributed by atoms with E-state index in [9.17, 15) is 9.59 Å². The molecule has 1 heterocycles. The van der Waals surface area contributed by atoms with Crippen LogP contribution in [0.1, 0.15) is 32.6 Å². The van der Waals surface area contributed by atoms with Gasteiger partial charge in [-0.15, -0.1) is 0 Å². The third-order valence-corrected chi connectivity index (χ3v) is 5.40. The van der Waals surface area contributed by atoms with Crippen molar-refractivity contribution < 1.29 is 4.79 Å². The Morgan fingerprint density at radius 2 is 1.38 bits per heavy atom. The van der Waals surface area contributed by atoms with Crippen molar-refractivity contribution in [2.75, 3.05) is 7.05 Å². The van der Waals surface area contributed by atoms with Crippen molar-refractivity contribution in [3.8, 4) is 0 Å². The van der Waals surface area contributed by atoms with E-state index < -0.39 is 0 Å². The zero-order valence-corrected chi connectivity index (χ0v) is 17.6. The van der Waals surface area contributed by atoms with Gasteiger partial charge in [0.1, 0.15) is 0 Å². The molecule has 0 saturated heterocycles. The zero-order chi connectivity index (χ0) is 21.0. The molecule has 0 fully saturated rings. The van der Waals surface area contributed by atoms with Gasteiger partial charge >= 0.3 is 0 Å². The van der Waals surface area contributed by atoms with Gasteiger partial charge in [0, 0.05) is 38.0 Å². The molecule has 0 bridgehead atoms. The van der Waals surface area contributed by atoms with Gasteiger partial charge < -0.3 is 9.47 Å². The number of amides is 1. The van der Waals surface area contributed by atoms with Crippen molar-refractivity contribution in [2.24, 2.45) is 7.05 Å². The SMILES string of the molecule is Cc1ccc(CC(Cc2ccc(C)cc2)N(C)C(=O)c2ccn(C)c(=O)c2)cc1. The summed E-state index contributed by atoms with van der Waals surface area (Å²) >= 11 is 0. The standard InChI is InChI=1S/C25H28N2O2/c1-18-5-9-20(10-6-18)15-23(16-21-11-7-19(2)8-12-21)27(4)25(29)22-13-14-26(3)24(28)17-22/h5-14,17,23H,15-16H2,1-4H3. The predicted octanol–water partition coefficient (Wildman–Crippen LogP) is 3.93. The normalized spacial score (nSPS) is 10.9. The van der Waals surface area contributed by atoms with E-state index in [1.807, 2.05) is 7.05 Å². The topological polar surface area (TPSA) is 42.3 Å². The molecule has 0 aliphatic rings. The number of nitrogens with zero attached hydrogens (tertiary/aromatic N) is 2. The quantitative estimate of drug-likeness (QED) is 0.642. The molecule has 0 saturated carbocycles. The average molecular weight is 389 g/mol. The average Bonchev–Trinajstić information content (AvgIpc) is 2.71. The lowest BCUT2D eigenvalue weighted by atomic mass is 9.96. The molecule has 0 N–H and O–H groups in total. The molecule has 0 atom stereocenters. The van der Waals surface area contributed by atoms with Crippen molar-refractivity contribution in [3.63, 3.8) is 0 Å². The Labute approximate surface area is 172 Å². The monoisotopic (exact) mass is 388 g/mol. The van der Waals surface area contributed by atoms with Crippen LogP contribution in [0.5, 0.6) is 0 Å². The van der Waals surface area contributed by atoms with Gasteiger partial charge in [-0.05, 0) is 43.9 Å². The van der Waals surface area contributed by atoms with Crippen LogP contribution < -0.4 is 5.56 Å². The number of carbonyl (C=O) groups is 1. The summed E-state index contributed by atoms with van der Waals surface area (Å²) in [6, 6.07) is 20.0. The van der Waals surface area contributed by atoms with Crippen LogP contribution in [0.3, 0.4) is 0 Å².